The van der Waals surface area contributed by atoms with E-state index in [2.05, 4.69) is 40.3 Å². The van der Waals surface area contributed by atoms with Crippen molar-refractivity contribution in [2.24, 2.45) is 0 Å². The van der Waals surface area contributed by atoms with Crippen molar-refractivity contribution in [2.45, 2.75) is 26.4 Å². The lowest BCUT2D eigenvalue weighted by atomic mass is 10.3. The number of hydrogen-bond acceptors (Lipinski definition) is 5. The predicted molar refractivity (Wildman–Crippen MR) is 71.3 cm³/mol. The standard InChI is InChI=1S/C13H24N4O/c1-3-14-10-12-9-13(18-15-12)11-17-6-4-5-16(2)7-8-17/h9,14H,3-8,10-11H2,1-2H3. The molecule has 1 aromatic heterocycles. The lowest BCUT2D eigenvalue weighted by molar-refractivity contribution is 0.235. The molecule has 5 nitrogen and oxygen atoms in total. The molecule has 0 saturated carbocycles. The zero-order valence-electron chi connectivity index (χ0n) is 11.5. The van der Waals surface area contributed by atoms with Crippen LogP contribution in [0.5, 0.6) is 0 Å². The highest BCUT2D eigenvalue weighted by Gasteiger charge is 2.14. The highest BCUT2D eigenvalue weighted by atomic mass is 16.5. The van der Waals surface area contributed by atoms with Gasteiger partial charge in [-0.25, -0.2) is 0 Å². The Bertz CT molecular complexity index is 353. The van der Waals surface area contributed by atoms with Crippen LogP contribution in [0.15, 0.2) is 10.6 Å². The van der Waals surface area contributed by atoms with Gasteiger partial charge in [0.2, 0.25) is 0 Å². The molecule has 2 rings (SSSR count). The molecule has 0 amide bonds. The number of aromatic nitrogens is 1. The number of nitrogens with zero attached hydrogens (tertiary/aromatic N) is 3. The summed E-state index contributed by atoms with van der Waals surface area (Å²) in [6.07, 6.45) is 1.23. The molecule has 1 aliphatic rings. The maximum absolute atomic E-state index is 5.39. The van der Waals surface area contributed by atoms with Crippen molar-refractivity contribution in [1.82, 2.24) is 20.3 Å². The van der Waals surface area contributed by atoms with Gasteiger partial charge >= 0.3 is 0 Å². The van der Waals surface area contributed by atoms with Gasteiger partial charge in [-0.3, -0.25) is 4.90 Å². The molecule has 2 heterocycles. The lowest BCUT2D eigenvalue weighted by Crippen LogP contribution is -2.28. The van der Waals surface area contributed by atoms with Gasteiger partial charge in [0.1, 0.15) is 0 Å². The zero-order chi connectivity index (χ0) is 12.8. The molecule has 0 aromatic carbocycles. The molecule has 0 unspecified atom stereocenters. The van der Waals surface area contributed by atoms with Crippen LogP contribution in [-0.4, -0.2) is 54.7 Å². The van der Waals surface area contributed by atoms with Crippen molar-refractivity contribution in [3.63, 3.8) is 0 Å². The quantitative estimate of drug-likeness (QED) is 0.844. The van der Waals surface area contributed by atoms with Crippen molar-refractivity contribution in [1.29, 1.82) is 0 Å². The monoisotopic (exact) mass is 252 g/mol. The number of likely N-dealkylation sites (N-methyl/N-ethyl adjacent to an activating group) is 1. The van der Waals surface area contributed by atoms with Crippen molar-refractivity contribution >= 4 is 0 Å². The first-order chi connectivity index (χ1) is 8.78. The van der Waals surface area contributed by atoms with Gasteiger partial charge in [0.15, 0.2) is 5.76 Å². The third-order valence-electron chi connectivity index (χ3n) is 3.36. The molecule has 5 heteroatoms. The average Bonchev–Trinajstić information content (AvgIpc) is 2.70. The van der Waals surface area contributed by atoms with Crippen LogP contribution in [0, 0.1) is 0 Å². The van der Waals surface area contributed by atoms with Crippen LogP contribution in [0.1, 0.15) is 24.8 Å². The largest absolute Gasteiger partial charge is 0.360 e. The Morgan fingerprint density at radius 2 is 2.22 bits per heavy atom. The molecular formula is C13H24N4O. The molecule has 1 saturated heterocycles. The van der Waals surface area contributed by atoms with E-state index in [0.717, 1.165) is 50.7 Å². The zero-order valence-corrected chi connectivity index (χ0v) is 11.5. The number of nitrogens with one attached hydrogen (secondary N) is 1. The van der Waals surface area contributed by atoms with Gasteiger partial charge < -0.3 is 14.7 Å². The Morgan fingerprint density at radius 3 is 3.06 bits per heavy atom. The smallest absolute Gasteiger partial charge is 0.151 e. The Balaban J connectivity index is 1.82. The van der Waals surface area contributed by atoms with E-state index in [4.69, 9.17) is 4.52 Å². The summed E-state index contributed by atoms with van der Waals surface area (Å²) in [6.45, 7) is 9.31. The molecule has 1 fully saturated rings. The highest BCUT2D eigenvalue weighted by molar-refractivity contribution is 5.05. The summed E-state index contributed by atoms with van der Waals surface area (Å²) in [5.41, 5.74) is 0.999. The first-order valence-electron chi connectivity index (χ1n) is 6.84. The van der Waals surface area contributed by atoms with Crippen LogP contribution in [0.3, 0.4) is 0 Å². The van der Waals surface area contributed by atoms with E-state index in [1.165, 1.54) is 13.0 Å². The van der Waals surface area contributed by atoms with Gasteiger partial charge in [0, 0.05) is 25.7 Å². The molecule has 1 aliphatic heterocycles. The Labute approximate surface area is 109 Å². The van der Waals surface area contributed by atoms with Gasteiger partial charge in [-0.15, -0.1) is 0 Å². The molecule has 0 bridgehead atoms. The molecule has 1 aromatic rings. The molecule has 0 radical (unpaired) electrons. The molecule has 102 valence electrons. The fourth-order valence-electron chi connectivity index (χ4n) is 2.25. The van der Waals surface area contributed by atoms with E-state index in [9.17, 15) is 0 Å². The molecule has 0 aliphatic carbocycles. The summed E-state index contributed by atoms with van der Waals surface area (Å²) in [5.74, 6) is 0.979. The van der Waals surface area contributed by atoms with Crippen molar-refractivity contribution in [3.8, 4) is 0 Å². The third kappa shape index (κ3) is 4.08. The Morgan fingerprint density at radius 1 is 1.33 bits per heavy atom. The highest BCUT2D eigenvalue weighted by Crippen LogP contribution is 2.09. The normalized spacial score (nSPS) is 19.0. The second-order valence-corrected chi connectivity index (χ2v) is 5.00. The Kier molecular flexibility index (Phi) is 5.16. The van der Waals surface area contributed by atoms with E-state index in [1.54, 1.807) is 0 Å². The minimum absolute atomic E-state index is 0.794. The molecule has 0 spiro atoms. The minimum Gasteiger partial charge on any atom is -0.360 e. The SMILES string of the molecule is CCNCc1cc(CN2CCCN(C)CC2)on1. The third-order valence-corrected chi connectivity index (χ3v) is 3.36. The van der Waals surface area contributed by atoms with Crippen LogP contribution in [0.4, 0.5) is 0 Å². The van der Waals surface area contributed by atoms with E-state index < -0.39 is 0 Å². The van der Waals surface area contributed by atoms with E-state index >= 15 is 0 Å². The first-order valence-corrected chi connectivity index (χ1v) is 6.84. The number of rotatable bonds is 5. The molecule has 0 atom stereocenters. The second-order valence-electron chi connectivity index (χ2n) is 5.00. The first kappa shape index (κ1) is 13.5. The van der Waals surface area contributed by atoms with Gasteiger partial charge in [-0.05, 0) is 33.1 Å². The van der Waals surface area contributed by atoms with Crippen molar-refractivity contribution < 1.29 is 4.52 Å². The van der Waals surface area contributed by atoms with E-state index in [-0.39, 0.29) is 0 Å². The van der Waals surface area contributed by atoms with Crippen LogP contribution in [0.2, 0.25) is 0 Å². The summed E-state index contributed by atoms with van der Waals surface area (Å²) < 4.78 is 5.39. The summed E-state index contributed by atoms with van der Waals surface area (Å²) >= 11 is 0. The van der Waals surface area contributed by atoms with Crippen molar-refractivity contribution in [2.75, 3.05) is 39.8 Å². The average molecular weight is 252 g/mol. The van der Waals surface area contributed by atoms with Gasteiger partial charge in [0.25, 0.3) is 0 Å². The summed E-state index contributed by atoms with van der Waals surface area (Å²) in [6, 6.07) is 2.07. The van der Waals surface area contributed by atoms with Crippen molar-refractivity contribution in [3.05, 3.63) is 17.5 Å². The van der Waals surface area contributed by atoms with Gasteiger partial charge in [0.05, 0.1) is 12.2 Å². The fraction of sp³-hybridized carbons (Fsp3) is 0.769. The lowest BCUT2D eigenvalue weighted by Gasteiger charge is -2.17. The van der Waals surface area contributed by atoms with Crippen LogP contribution < -0.4 is 5.32 Å². The summed E-state index contributed by atoms with van der Waals surface area (Å²) in [4.78, 5) is 4.83. The topological polar surface area (TPSA) is 44.5 Å². The van der Waals surface area contributed by atoms with Gasteiger partial charge in [-0.2, -0.15) is 0 Å². The minimum atomic E-state index is 0.794. The molecular weight excluding hydrogens is 228 g/mol. The molecule has 18 heavy (non-hydrogen) atoms. The van der Waals surface area contributed by atoms with Crippen LogP contribution >= 0.6 is 0 Å². The van der Waals surface area contributed by atoms with E-state index in [0.29, 0.717) is 0 Å². The summed E-state index contributed by atoms with van der Waals surface area (Å²) in [7, 11) is 2.19. The van der Waals surface area contributed by atoms with Crippen LogP contribution in [0.25, 0.3) is 0 Å². The maximum Gasteiger partial charge on any atom is 0.151 e. The Hall–Kier alpha value is -0.910. The number of hydrogen-bond donors (Lipinski definition) is 1. The van der Waals surface area contributed by atoms with Gasteiger partial charge in [-0.1, -0.05) is 12.1 Å². The maximum atomic E-state index is 5.39. The fourth-order valence-corrected chi connectivity index (χ4v) is 2.25. The molecule has 1 N–H and O–H groups in total. The summed E-state index contributed by atoms with van der Waals surface area (Å²) in [5, 5.41) is 7.34. The van der Waals surface area contributed by atoms with Crippen LogP contribution in [-0.2, 0) is 13.1 Å². The second kappa shape index (κ2) is 6.87. The predicted octanol–water partition coefficient (Wildman–Crippen LogP) is 0.922. The van der Waals surface area contributed by atoms with E-state index in [1.807, 2.05) is 0 Å².